The number of likely N-dealkylation sites (tertiary alicyclic amines) is 2. The van der Waals surface area contributed by atoms with E-state index in [9.17, 15) is 27.6 Å². The van der Waals surface area contributed by atoms with E-state index < -0.39 is 29.7 Å². The van der Waals surface area contributed by atoms with Crippen molar-refractivity contribution in [3.63, 3.8) is 0 Å². The molecule has 2 N–H and O–H groups in total. The number of hydrogen-bond acceptors (Lipinski definition) is 6. The van der Waals surface area contributed by atoms with Gasteiger partial charge in [0.25, 0.3) is 0 Å². The van der Waals surface area contributed by atoms with Crippen molar-refractivity contribution in [2.45, 2.75) is 63.3 Å². The molecule has 0 aromatic heterocycles. The molecule has 1 aromatic carbocycles. The fraction of sp³-hybridized carbons (Fsp3) is 0.667. The Kier molecular flexibility index (Phi) is 11.5. The lowest BCUT2D eigenvalue weighted by molar-refractivity contribution is -0.167. The van der Waals surface area contributed by atoms with Crippen LogP contribution in [0.3, 0.4) is 0 Å². The normalized spacial score (nSPS) is 19.3. The molecule has 212 valence electrons. The number of benzene rings is 1. The Morgan fingerprint density at radius 2 is 1.68 bits per heavy atom. The quantitative estimate of drug-likeness (QED) is 0.398. The fourth-order valence-electron chi connectivity index (χ4n) is 5.30. The number of ketones is 1. The third kappa shape index (κ3) is 8.98. The number of amides is 2. The smallest absolute Gasteiger partial charge is 0.368 e. The zero-order valence-corrected chi connectivity index (χ0v) is 22.8. The summed E-state index contributed by atoms with van der Waals surface area (Å²) in [6.45, 7) is 4.02. The highest BCUT2D eigenvalue weighted by atomic mass is 32.2. The highest BCUT2D eigenvalue weighted by molar-refractivity contribution is 7.99. The van der Waals surface area contributed by atoms with Gasteiger partial charge in [-0.1, -0.05) is 30.3 Å². The molecule has 2 heterocycles. The molecule has 3 rings (SSSR count). The van der Waals surface area contributed by atoms with Crippen molar-refractivity contribution in [3.05, 3.63) is 35.9 Å². The Morgan fingerprint density at radius 3 is 2.26 bits per heavy atom. The summed E-state index contributed by atoms with van der Waals surface area (Å²) in [5, 5.41) is 0. The second-order valence-electron chi connectivity index (χ2n) is 10.3. The number of primary amides is 1. The van der Waals surface area contributed by atoms with Crippen molar-refractivity contribution in [2.75, 3.05) is 44.7 Å². The molecule has 0 unspecified atom stereocenters. The van der Waals surface area contributed by atoms with E-state index in [-0.39, 0.29) is 30.0 Å². The molecule has 0 saturated carbocycles. The van der Waals surface area contributed by atoms with E-state index in [4.69, 9.17) is 5.73 Å². The Labute approximate surface area is 227 Å². The van der Waals surface area contributed by atoms with E-state index in [1.54, 1.807) is 4.90 Å². The van der Waals surface area contributed by atoms with Gasteiger partial charge in [-0.15, -0.1) is 0 Å². The number of nitrogens with zero attached hydrogens (tertiary/aromatic N) is 3. The van der Waals surface area contributed by atoms with E-state index in [0.717, 1.165) is 70.2 Å². The maximum Gasteiger partial charge on any atom is 0.450 e. The first-order valence-electron chi connectivity index (χ1n) is 13.3. The highest BCUT2D eigenvalue weighted by Gasteiger charge is 2.40. The second kappa shape index (κ2) is 14.3. The van der Waals surface area contributed by atoms with E-state index in [2.05, 4.69) is 21.9 Å². The van der Waals surface area contributed by atoms with Gasteiger partial charge in [0.15, 0.2) is 0 Å². The maximum atomic E-state index is 13.8. The van der Waals surface area contributed by atoms with Crippen LogP contribution in [-0.2, 0) is 20.9 Å². The fourth-order valence-corrected chi connectivity index (χ4v) is 6.16. The van der Waals surface area contributed by atoms with Gasteiger partial charge in [0.05, 0.1) is 5.75 Å². The highest BCUT2D eigenvalue weighted by Crippen LogP contribution is 2.28. The van der Waals surface area contributed by atoms with E-state index >= 15 is 0 Å². The number of alkyl halides is 3. The number of nitrogens with two attached hydrogens (primary N) is 1. The molecule has 2 aliphatic rings. The Hall–Kier alpha value is -2.11. The van der Waals surface area contributed by atoms with Crippen LogP contribution < -0.4 is 5.73 Å². The predicted octanol–water partition coefficient (Wildman–Crippen LogP) is 3.32. The lowest BCUT2D eigenvalue weighted by Crippen LogP contribution is -2.57. The predicted molar refractivity (Wildman–Crippen MR) is 142 cm³/mol. The first-order chi connectivity index (χ1) is 18.1. The number of hydrogen-bond donors (Lipinski definition) is 1. The minimum atomic E-state index is -4.84. The molecule has 7 nitrogen and oxygen atoms in total. The third-order valence-electron chi connectivity index (χ3n) is 7.50. The standard InChI is InChI=1S/C27H39F3N4O3S/c1-32-13-9-21(10-14-32)26(37)34(22-11-15-33(16-12-22)18-20-6-3-2-4-7-20)23(25(31)36)8-5-17-38-19-24(35)27(28,29)30/h2-4,6-7,21-23H,5,8-19H2,1H3,(H2,31,36)/t23-/m0/s1. The van der Waals surface area contributed by atoms with Crippen LogP contribution in [-0.4, -0.2) is 95.3 Å². The van der Waals surface area contributed by atoms with Crippen molar-refractivity contribution in [2.24, 2.45) is 11.7 Å². The summed E-state index contributed by atoms with van der Waals surface area (Å²) in [5.41, 5.74) is 7.05. The minimum absolute atomic E-state index is 0.0386. The molecule has 0 bridgehead atoms. The summed E-state index contributed by atoms with van der Waals surface area (Å²) in [4.78, 5) is 43.8. The van der Waals surface area contributed by atoms with Crippen molar-refractivity contribution in [3.8, 4) is 0 Å². The summed E-state index contributed by atoms with van der Waals surface area (Å²) in [7, 11) is 2.02. The largest absolute Gasteiger partial charge is 0.450 e. The van der Waals surface area contributed by atoms with Crippen LogP contribution in [0.15, 0.2) is 30.3 Å². The van der Waals surface area contributed by atoms with Gasteiger partial charge in [-0.3, -0.25) is 19.3 Å². The first kappa shape index (κ1) is 30.4. The topological polar surface area (TPSA) is 87.0 Å². The van der Waals surface area contributed by atoms with E-state index in [0.29, 0.717) is 6.42 Å². The van der Waals surface area contributed by atoms with Crippen LogP contribution in [0.5, 0.6) is 0 Å². The van der Waals surface area contributed by atoms with Gasteiger partial charge in [-0.05, 0) is 70.0 Å². The lowest BCUT2D eigenvalue weighted by atomic mass is 9.91. The molecule has 0 spiro atoms. The molecular formula is C27H39F3N4O3S. The van der Waals surface area contributed by atoms with Gasteiger partial charge in [-0.25, -0.2) is 0 Å². The molecule has 2 aliphatic heterocycles. The number of Topliss-reactive ketones (excluding diaryl/α,β-unsaturated/α-hetero) is 1. The summed E-state index contributed by atoms with van der Waals surface area (Å²) < 4.78 is 37.4. The molecule has 1 atom stereocenters. The molecule has 0 aliphatic carbocycles. The number of carbonyl (C=O) groups excluding carboxylic acids is 3. The Balaban J connectivity index is 1.65. The number of rotatable bonds is 12. The van der Waals surface area contributed by atoms with Crippen LogP contribution >= 0.6 is 11.8 Å². The maximum absolute atomic E-state index is 13.8. The molecule has 38 heavy (non-hydrogen) atoms. The Morgan fingerprint density at radius 1 is 1.05 bits per heavy atom. The number of thioether (sulfide) groups is 1. The van der Waals surface area contributed by atoms with E-state index in [1.807, 2.05) is 25.2 Å². The SMILES string of the molecule is CN1CCC(C(=O)N(C2CCN(Cc3ccccc3)CC2)[C@@H](CCCSCC(=O)C(F)(F)F)C(N)=O)CC1. The first-order valence-corrected chi connectivity index (χ1v) is 14.5. The zero-order valence-electron chi connectivity index (χ0n) is 22.0. The number of piperidine rings is 2. The van der Waals surface area contributed by atoms with Crippen molar-refractivity contribution in [1.82, 2.24) is 14.7 Å². The van der Waals surface area contributed by atoms with Crippen molar-refractivity contribution in [1.29, 1.82) is 0 Å². The van der Waals surface area contributed by atoms with Crippen LogP contribution in [0, 0.1) is 5.92 Å². The number of halogens is 3. The Bertz CT molecular complexity index is 918. The summed E-state index contributed by atoms with van der Waals surface area (Å²) >= 11 is 0.890. The van der Waals surface area contributed by atoms with E-state index in [1.165, 1.54) is 5.56 Å². The average molecular weight is 557 g/mol. The van der Waals surface area contributed by atoms with Gasteiger partial charge >= 0.3 is 6.18 Å². The van der Waals surface area contributed by atoms with Gasteiger partial charge < -0.3 is 15.5 Å². The van der Waals surface area contributed by atoms with Crippen LogP contribution in [0.25, 0.3) is 0 Å². The van der Waals surface area contributed by atoms with Crippen molar-refractivity contribution >= 4 is 29.4 Å². The summed E-state index contributed by atoms with van der Waals surface area (Å²) in [5.74, 6) is -2.94. The van der Waals surface area contributed by atoms with Crippen LogP contribution in [0.4, 0.5) is 13.2 Å². The lowest BCUT2D eigenvalue weighted by Gasteiger charge is -2.44. The zero-order chi connectivity index (χ0) is 27.7. The summed E-state index contributed by atoms with van der Waals surface area (Å²) in [6, 6.07) is 9.26. The monoisotopic (exact) mass is 556 g/mol. The second-order valence-corrected chi connectivity index (χ2v) is 11.5. The molecule has 11 heteroatoms. The van der Waals surface area contributed by atoms with Gasteiger partial charge in [-0.2, -0.15) is 24.9 Å². The third-order valence-corrected chi connectivity index (χ3v) is 8.55. The average Bonchev–Trinajstić information content (AvgIpc) is 2.88. The van der Waals surface area contributed by atoms with Gasteiger partial charge in [0.2, 0.25) is 17.6 Å². The number of carbonyl (C=O) groups is 3. The molecule has 1 aromatic rings. The molecule has 2 amide bonds. The molecular weight excluding hydrogens is 517 g/mol. The molecule has 0 radical (unpaired) electrons. The van der Waals surface area contributed by atoms with Gasteiger partial charge in [0.1, 0.15) is 6.04 Å². The molecule has 2 fully saturated rings. The van der Waals surface area contributed by atoms with Crippen LogP contribution in [0.1, 0.15) is 44.1 Å². The van der Waals surface area contributed by atoms with Gasteiger partial charge in [0, 0.05) is 31.6 Å². The van der Waals surface area contributed by atoms with Crippen molar-refractivity contribution < 1.29 is 27.6 Å². The van der Waals surface area contributed by atoms with Crippen LogP contribution in [0.2, 0.25) is 0 Å². The minimum Gasteiger partial charge on any atom is -0.368 e. The summed E-state index contributed by atoms with van der Waals surface area (Å²) in [6.07, 6.45) is -1.29. The molecule has 2 saturated heterocycles.